The number of anilines is 1. The van der Waals surface area contributed by atoms with Crippen molar-refractivity contribution in [1.29, 1.82) is 5.26 Å². The first kappa shape index (κ1) is 12.6. The van der Waals surface area contributed by atoms with Crippen molar-refractivity contribution in [2.45, 2.75) is 6.36 Å². The molecule has 4 N–H and O–H groups in total. The van der Waals surface area contributed by atoms with Gasteiger partial charge in [0.25, 0.3) is 5.91 Å². The van der Waals surface area contributed by atoms with Crippen LogP contribution in [-0.4, -0.2) is 17.3 Å². The second-order valence-corrected chi connectivity index (χ2v) is 2.78. The van der Waals surface area contributed by atoms with Crippen LogP contribution in [0, 0.1) is 11.3 Å². The van der Waals surface area contributed by atoms with Crippen molar-refractivity contribution in [3.8, 4) is 11.8 Å². The van der Waals surface area contributed by atoms with Crippen LogP contribution in [0.15, 0.2) is 6.20 Å². The van der Waals surface area contributed by atoms with Gasteiger partial charge in [-0.25, -0.2) is 4.98 Å². The summed E-state index contributed by atoms with van der Waals surface area (Å²) in [5.74, 6) is -1.94. The first-order valence-electron chi connectivity index (χ1n) is 4.00. The largest absolute Gasteiger partial charge is 0.573 e. The number of rotatable bonds is 2. The lowest BCUT2D eigenvalue weighted by Gasteiger charge is -2.11. The van der Waals surface area contributed by atoms with Crippen LogP contribution < -0.4 is 16.2 Å². The van der Waals surface area contributed by atoms with E-state index in [1.807, 2.05) is 0 Å². The maximum atomic E-state index is 12.0. The van der Waals surface area contributed by atoms with Crippen LogP contribution in [0.3, 0.4) is 0 Å². The fraction of sp³-hybridized carbons (Fsp3) is 0.125. The number of hydrogen-bond donors (Lipinski definition) is 2. The molecule has 1 aromatic rings. The number of amides is 1. The SMILES string of the molecule is N#Cc1c(OC(F)(F)F)cnc(C(N)=O)c1N. The highest BCUT2D eigenvalue weighted by Crippen LogP contribution is 2.29. The number of alkyl halides is 3. The molecule has 1 heterocycles. The van der Waals surface area contributed by atoms with Crippen LogP contribution in [0.4, 0.5) is 18.9 Å². The molecule has 17 heavy (non-hydrogen) atoms. The molecular weight excluding hydrogens is 241 g/mol. The third kappa shape index (κ3) is 2.75. The fourth-order valence-corrected chi connectivity index (χ4v) is 1.02. The molecule has 1 amide bonds. The zero-order valence-electron chi connectivity index (χ0n) is 8.08. The van der Waals surface area contributed by atoms with Gasteiger partial charge in [-0.15, -0.1) is 13.2 Å². The van der Waals surface area contributed by atoms with Gasteiger partial charge >= 0.3 is 6.36 Å². The maximum absolute atomic E-state index is 12.0. The molecular formula is C8H5F3N4O2. The van der Waals surface area contributed by atoms with E-state index in [4.69, 9.17) is 16.7 Å². The fourth-order valence-electron chi connectivity index (χ4n) is 1.02. The lowest BCUT2D eigenvalue weighted by atomic mass is 10.1. The van der Waals surface area contributed by atoms with E-state index in [0.717, 1.165) is 0 Å². The van der Waals surface area contributed by atoms with Crippen LogP contribution in [0.25, 0.3) is 0 Å². The lowest BCUT2D eigenvalue weighted by Crippen LogP contribution is -2.21. The Morgan fingerprint density at radius 2 is 2.12 bits per heavy atom. The zero-order valence-corrected chi connectivity index (χ0v) is 8.08. The molecule has 0 unspecified atom stereocenters. The van der Waals surface area contributed by atoms with Gasteiger partial charge in [-0.05, 0) is 0 Å². The quantitative estimate of drug-likeness (QED) is 0.789. The number of pyridine rings is 1. The highest BCUT2D eigenvalue weighted by atomic mass is 19.4. The van der Waals surface area contributed by atoms with Crippen molar-refractivity contribution in [2.24, 2.45) is 5.73 Å². The van der Waals surface area contributed by atoms with E-state index in [9.17, 15) is 18.0 Å². The number of nitrogens with two attached hydrogens (primary N) is 2. The molecule has 0 saturated heterocycles. The predicted octanol–water partition coefficient (Wildman–Crippen LogP) is 0.533. The van der Waals surface area contributed by atoms with E-state index >= 15 is 0 Å². The number of carbonyl (C=O) groups is 1. The Morgan fingerprint density at radius 1 is 1.53 bits per heavy atom. The molecule has 0 spiro atoms. The molecule has 1 rings (SSSR count). The highest BCUT2D eigenvalue weighted by Gasteiger charge is 2.33. The van der Waals surface area contributed by atoms with E-state index in [1.165, 1.54) is 6.07 Å². The van der Waals surface area contributed by atoms with E-state index in [1.54, 1.807) is 0 Å². The van der Waals surface area contributed by atoms with Crippen LogP contribution in [-0.2, 0) is 0 Å². The number of aromatic nitrogens is 1. The Balaban J connectivity index is 3.33. The van der Waals surface area contributed by atoms with E-state index in [-0.39, 0.29) is 0 Å². The van der Waals surface area contributed by atoms with Crippen molar-refractivity contribution in [2.75, 3.05) is 5.73 Å². The molecule has 0 saturated carbocycles. The molecule has 1 aromatic heterocycles. The summed E-state index contributed by atoms with van der Waals surface area (Å²) in [6.45, 7) is 0. The summed E-state index contributed by atoms with van der Waals surface area (Å²) in [5, 5.41) is 8.65. The number of halogens is 3. The third-order valence-corrected chi connectivity index (χ3v) is 1.65. The van der Waals surface area contributed by atoms with Gasteiger partial charge in [-0.2, -0.15) is 5.26 Å². The van der Waals surface area contributed by atoms with Gasteiger partial charge in [-0.3, -0.25) is 4.79 Å². The summed E-state index contributed by atoms with van der Waals surface area (Å²) in [5.41, 5.74) is 8.45. The molecule has 0 aromatic carbocycles. The number of primary amides is 1. The normalized spacial score (nSPS) is 10.7. The minimum Gasteiger partial charge on any atom is -0.403 e. The van der Waals surface area contributed by atoms with Gasteiger partial charge < -0.3 is 16.2 Å². The average Bonchev–Trinajstić information content (AvgIpc) is 2.15. The van der Waals surface area contributed by atoms with E-state index in [0.29, 0.717) is 6.20 Å². The predicted molar refractivity (Wildman–Crippen MR) is 48.6 cm³/mol. The minimum absolute atomic E-state index is 0.490. The smallest absolute Gasteiger partial charge is 0.403 e. The Hall–Kier alpha value is -2.50. The Labute approximate surface area is 92.6 Å². The summed E-state index contributed by atoms with van der Waals surface area (Å²) in [7, 11) is 0. The second-order valence-electron chi connectivity index (χ2n) is 2.78. The molecule has 0 aliphatic heterocycles. The lowest BCUT2D eigenvalue weighted by molar-refractivity contribution is -0.274. The molecule has 0 fully saturated rings. The highest BCUT2D eigenvalue weighted by molar-refractivity contribution is 5.97. The number of nitriles is 1. The zero-order chi connectivity index (χ0) is 13.2. The van der Waals surface area contributed by atoms with Gasteiger partial charge in [0.1, 0.15) is 11.6 Å². The summed E-state index contributed by atoms with van der Waals surface area (Å²) < 4.78 is 39.4. The van der Waals surface area contributed by atoms with Crippen molar-refractivity contribution >= 4 is 11.6 Å². The topological polar surface area (TPSA) is 115 Å². The first-order chi connectivity index (χ1) is 7.76. The Kier molecular flexibility index (Phi) is 3.08. The van der Waals surface area contributed by atoms with E-state index in [2.05, 4.69) is 9.72 Å². The molecule has 90 valence electrons. The van der Waals surface area contributed by atoms with Crippen LogP contribution in [0.1, 0.15) is 16.1 Å². The summed E-state index contributed by atoms with van der Waals surface area (Å²) in [4.78, 5) is 14.1. The van der Waals surface area contributed by atoms with Crippen molar-refractivity contribution in [3.05, 3.63) is 17.5 Å². The molecule has 0 atom stereocenters. The third-order valence-electron chi connectivity index (χ3n) is 1.65. The number of carbonyl (C=O) groups excluding carboxylic acids is 1. The van der Waals surface area contributed by atoms with Gasteiger partial charge in [0.2, 0.25) is 0 Å². The molecule has 6 nitrogen and oxygen atoms in total. The van der Waals surface area contributed by atoms with Crippen LogP contribution in [0.2, 0.25) is 0 Å². The van der Waals surface area contributed by atoms with Crippen molar-refractivity contribution in [1.82, 2.24) is 4.98 Å². The van der Waals surface area contributed by atoms with Gasteiger partial charge in [0.05, 0.1) is 11.9 Å². The number of nitrogens with zero attached hydrogens (tertiary/aromatic N) is 2. The molecule has 0 aliphatic carbocycles. The van der Waals surface area contributed by atoms with Crippen LogP contribution in [0.5, 0.6) is 5.75 Å². The van der Waals surface area contributed by atoms with Crippen molar-refractivity contribution in [3.63, 3.8) is 0 Å². The maximum Gasteiger partial charge on any atom is 0.573 e. The standard InChI is InChI=1S/C8H5F3N4O2/c9-8(10,11)17-4-2-15-6(7(14)16)5(13)3(4)1-12/h2H,13H2,(H2,14,16). The second kappa shape index (κ2) is 4.17. The van der Waals surface area contributed by atoms with Crippen LogP contribution >= 0.6 is 0 Å². The minimum atomic E-state index is -4.99. The molecule has 0 radical (unpaired) electrons. The van der Waals surface area contributed by atoms with Gasteiger partial charge in [0, 0.05) is 0 Å². The summed E-state index contributed by atoms with van der Waals surface area (Å²) in [6, 6.07) is 1.38. The summed E-state index contributed by atoms with van der Waals surface area (Å²) >= 11 is 0. The van der Waals surface area contributed by atoms with Gasteiger partial charge in [0.15, 0.2) is 11.4 Å². The average molecular weight is 246 g/mol. The monoisotopic (exact) mass is 246 g/mol. The Morgan fingerprint density at radius 3 is 2.53 bits per heavy atom. The molecule has 0 aliphatic rings. The van der Waals surface area contributed by atoms with E-state index < -0.39 is 35.0 Å². The molecule has 9 heteroatoms. The summed E-state index contributed by atoms with van der Waals surface area (Å²) in [6.07, 6.45) is -4.43. The number of hydrogen-bond acceptors (Lipinski definition) is 5. The Bertz CT molecular complexity index is 507. The number of nitrogen functional groups attached to an aromatic ring is 1. The van der Waals surface area contributed by atoms with Gasteiger partial charge in [-0.1, -0.05) is 0 Å². The van der Waals surface area contributed by atoms with Crippen molar-refractivity contribution < 1.29 is 22.7 Å². The first-order valence-corrected chi connectivity index (χ1v) is 4.00. The number of ether oxygens (including phenoxy) is 1. The molecule has 0 bridgehead atoms.